The number of aliphatic hydroxyl groups excluding tert-OH is 1. The quantitative estimate of drug-likeness (QED) is 0.183. The lowest BCUT2D eigenvalue weighted by Gasteiger charge is -2.24. The maximum absolute atomic E-state index is 14.0. The van der Waals surface area contributed by atoms with Crippen LogP contribution >= 0.6 is 7.82 Å². The molecular formula is C21H33FN3O9PS. The van der Waals surface area contributed by atoms with E-state index < -0.39 is 48.7 Å². The molecular weight excluding hydrogens is 520 g/mol. The number of amides is 1. The molecule has 2 aliphatic rings. The second-order valence-corrected chi connectivity index (χ2v) is 12.2. The number of phosphoric ester groups is 1. The predicted molar refractivity (Wildman–Crippen MR) is 126 cm³/mol. The van der Waals surface area contributed by atoms with Crippen molar-refractivity contribution in [1.82, 2.24) is 14.5 Å². The molecule has 1 heterocycles. The molecule has 1 saturated carbocycles. The van der Waals surface area contributed by atoms with Crippen LogP contribution in [-0.2, 0) is 23.9 Å². The largest absolute Gasteiger partial charge is 0.490 e. The Kier molecular flexibility index (Phi) is 9.86. The van der Waals surface area contributed by atoms with Gasteiger partial charge in [-0.25, -0.2) is 22.1 Å². The van der Waals surface area contributed by atoms with Crippen molar-refractivity contribution in [3.05, 3.63) is 29.6 Å². The first-order valence-electron chi connectivity index (χ1n) is 11.7. The first-order chi connectivity index (χ1) is 16.8. The van der Waals surface area contributed by atoms with Crippen molar-refractivity contribution < 1.29 is 46.3 Å². The van der Waals surface area contributed by atoms with Gasteiger partial charge in [0.1, 0.15) is 6.73 Å². The molecule has 12 nitrogen and oxygen atoms in total. The van der Waals surface area contributed by atoms with Crippen LogP contribution in [0.2, 0.25) is 0 Å². The number of nitrogens with zero attached hydrogens (tertiary/aromatic N) is 2. The number of sulfonamides is 1. The molecule has 1 aromatic carbocycles. The third-order valence-electron chi connectivity index (χ3n) is 5.97. The first-order valence-corrected chi connectivity index (χ1v) is 14.9. The summed E-state index contributed by atoms with van der Waals surface area (Å²) in [5.74, 6) is -0.595. The van der Waals surface area contributed by atoms with Gasteiger partial charge in [0.15, 0.2) is 17.9 Å². The summed E-state index contributed by atoms with van der Waals surface area (Å²) in [6.07, 6.45) is 2.08. The van der Waals surface area contributed by atoms with Crippen LogP contribution in [0.25, 0.3) is 0 Å². The maximum Gasteiger partial charge on any atom is 0.471 e. The zero-order valence-electron chi connectivity index (χ0n) is 20.0. The van der Waals surface area contributed by atoms with Gasteiger partial charge in [-0.15, -0.1) is 0 Å². The van der Waals surface area contributed by atoms with Crippen molar-refractivity contribution in [2.75, 3.05) is 32.2 Å². The molecule has 15 heteroatoms. The average Bonchev–Trinajstić information content (AvgIpc) is 3.56. The number of nitrogens with one attached hydrogen (secondary N) is 1. The zero-order chi connectivity index (χ0) is 26.5. The van der Waals surface area contributed by atoms with Gasteiger partial charge in [-0.1, -0.05) is 12.5 Å². The number of rotatable bonds is 15. The van der Waals surface area contributed by atoms with Crippen LogP contribution in [0, 0.1) is 11.7 Å². The van der Waals surface area contributed by atoms with Crippen molar-refractivity contribution in [3.8, 4) is 5.75 Å². The number of phosphoric acid groups is 1. The fourth-order valence-corrected chi connectivity index (χ4v) is 5.37. The van der Waals surface area contributed by atoms with Crippen molar-refractivity contribution in [1.29, 1.82) is 0 Å². The summed E-state index contributed by atoms with van der Waals surface area (Å²) in [6, 6.07) is 3.72. The van der Waals surface area contributed by atoms with Gasteiger partial charge in [-0.3, -0.25) is 19.1 Å². The molecule has 1 unspecified atom stereocenters. The molecule has 0 spiro atoms. The van der Waals surface area contributed by atoms with Crippen LogP contribution in [0.15, 0.2) is 18.2 Å². The second-order valence-electron chi connectivity index (χ2n) is 9.09. The minimum atomic E-state index is -4.79. The van der Waals surface area contributed by atoms with Crippen molar-refractivity contribution in [2.45, 2.75) is 51.4 Å². The molecule has 0 radical (unpaired) electrons. The fraction of sp³-hybridized carbons (Fsp3) is 0.667. The highest BCUT2D eigenvalue weighted by atomic mass is 32.2. The predicted octanol–water partition coefficient (Wildman–Crippen LogP) is 1.25. The number of ether oxygens (including phenoxy) is 1. The van der Waals surface area contributed by atoms with E-state index in [1.807, 2.05) is 0 Å². The van der Waals surface area contributed by atoms with Gasteiger partial charge in [0.05, 0.1) is 18.9 Å². The minimum absolute atomic E-state index is 0.111. The normalized spacial score (nSPS) is 20.2. The van der Waals surface area contributed by atoms with Crippen LogP contribution in [0.4, 0.5) is 4.39 Å². The lowest BCUT2D eigenvalue weighted by molar-refractivity contribution is -0.141. The Morgan fingerprint density at radius 2 is 1.97 bits per heavy atom. The molecule has 1 aliphatic carbocycles. The number of hydrogen-bond donors (Lipinski definition) is 4. The fourth-order valence-electron chi connectivity index (χ4n) is 3.71. The summed E-state index contributed by atoms with van der Waals surface area (Å²) in [5, 5.41) is 10.2. The van der Waals surface area contributed by atoms with E-state index in [0.717, 1.165) is 17.7 Å². The molecule has 1 aromatic rings. The average molecular weight is 554 g/mol. The molecule has 1 amide bonds. The van der Waals surface area contributed by atoms with Crippen molar-refractivity contribution in [2.24, 2.45) is 5.92 Å². The van der Waals surface area contributed by atoms with Gasteiger partial charge in [0.25, 0.3) is 0 Å². The lowest BCUT2D eigenvalue weighted by atomic mass is 10.1. The number of halogens is 1. The molecule has 204 valence electrons. The maximum atomic E-state index is 14.0. The van der Waals surface area contributed by atoms with Crippen molar-refractivity contribution >= 4 is 23.8 Å². The van der Waals surface area contributed by atoms with E-state index in [4.69, 9.17) is 14.5 Å². The van der Waals surface area contributed by atoms with E-state index >= 15 is 0 Å². The van der Waals surface area contributed by atoms with Gasteiger partial charge in [0, 0.05) is 12.6 Å². The molecule has 1 saturated heterocycles. The smallest absolute Gasteiger partial charge is 0.471 e. The monoisotopic (exact) mass is 553 g/mol. The number of hydrogen-bond acceptors (Lipinski definition) is 8. The van der Waals surface area contributed by atoms with E-state index in [9.17, 15) is 27.3 Å². The van der Waals surface area contributed by atoms with E-state index in [1.165, 1.54) is 23.1 Å². The van der Waals surface area contributed by atoms with Gasteiger partial charge < -0.3 is 19.6 Å². The van der Waals surface area contributed by atoms with Gasteiger partial charge in [-0.2, -0.15) is 0 Å². The van der Waals surface area contributed by atoms with E-state index in [-0.39, 0.29) is 24.6 Å². The zero-order valence-corrected chi connectivity index (χ0v) is 21.7. The Hall–Kier alpha value is -1.64. The van der Waals surface area contributed by atoms with Gasteiger partial charge in [0.2, 0.25) is 15.9 Å². The number of carbonyl (C=O) groups excluding carboxylic acids is 1. The first kappa shape index (κ1) is 28.9. The Balaban J connectivity index is 1.39. The molecule has 0 bridgehead atoms. The standard InChI is InChI=1S/C21H33FN3O9PS/c1-15(17-7-8-18(22)19(11-17)33-13-16-5-6-16)23-36(31,32)10-4-2-3-9-24-12-20(26)25(21(24)27)14-34-35(28,29)30/h7-8,11,15-16,21,23,27H,2-6,9-10,12-14H2,1H3,(H2,28,29,30)/t15-,21?/m1/s1. The summed E-state index contributed by atoms with van der Waals surface area (Å²) < 4.78 is 62.2. The molecule has 3 rings (SSSR count). The number of carbonyl (C=O) groups is 1. The van der Waals surface area contributed by atoms with E-state index in [0.29, 0.717) is 37.4 Å². The van der Waals surface area contributed by atoms with Crippen LogP contribution < -0.4 is 9.46 Å². The Bertz CT molecular complexity index is 1070. The van der Waals surface area contributed by atoms with Crippen LogP contribution in [0.1, 0.15) is 50.6 Å². The topological polar surface area (TPSA) is 166 Å². The Labute approximate surface area is 209 Å². The molecule has 1 aliphatic heterocycles. The van der Waals surface area contributed by atoms with Crippen LogP contribution in [-0.4, -0.2) is 77.6 Å². The van der Waals surface area contributed by atoms with Gasteiger partial charge in [-0.05, 0) is 56.2 Å². The van der Waals surface area contributed by atoms with E-state index in [2.05, 4.69) is 9.25 Å². The highest BCUT2D eigenvalue weighted by molar-refractivity contribution is 7.89. The SMILES string of the molecule is C[C@@H](NS(=O)(=O)CCCCCN1CC(=O)N(COP(=O)(O)O)C1O)c1ccc(F)c(OCC2CC2)c1. The lowest BCUT2D eigenvalue weighted by Crippen LogP contribution is -2.40. The highest BCUT2D eigenvalue weighted by Gasteiger charge is 2.37. The summed E-state index contributed by atoms with van der Waals surface area (Å²) in [7, 11) is -8.40. The Morgan fingerprint density at radius 1 is 1.25 bits per heavy atom. The number of unbranched alkanes of at least 4 members (excludes halogenated alkanes) is 2. The minimum Gasteiger partial charge on any atom is -0.490 e. The number of benzene rings is 1. The van der Waals surface area contributed by atoms with Gasteiger partial charge >= 0.3 is 7.82 Å². The second kappa shape index (κ2) is 12.3. The Morgan fingerprint density at radius 3 is 2.64 bits per heavy atom. The molecule has 2 atom stereocenters. The van der Waals surface area contributed by atoms with Crippen LogP contribution in [0.5, 0.6) is 5.75 Å². The number of aliphatic hydroxyl groups is 1. The van der Waals surface area contributed by atoms with Crippen LogP contribution in [0.3, 0.4) is 0 Å². The summed E-state index contributed by atoms with van der Waals surface area (Å²) in [6.45, 7) is 1.51. The molecule has 4 N–H and O–H groups in total. The molecule has 2 fully saturated rings. The summed E-state index contributed by atoms with van der Waals surface area (Å²) >= 11 is 0. The van der Waals surface area contributed by atoms with E-state index in [1.54, 1.807) is 6.92 Å². The van der Waals surface area contributed by atoms with Crippen molar-refractivity contribution in [3.63, 3.8) is 0 Å². The summed E-state index contributed by atoms with van der Waals surface area (Å²) in [4.78, 5) is 31.6. The third kappa shape index (κ3) is 9.03. The third-order valence-corrected chi connectivity index (χ3v) is 7.96. The summed E-state index contributed by atoms with van der Waals surface area (Å²) in [5.41, 5.74) is 0.589. The highest BCUT2D eigenvalue weighted by Crippen LogP contribution is 2.36. The molecule has 0 aromatic heterocycles. The molecule has 36 heavy (non-hydrogen) atoms.